The minimum absolute atomic E-state index is 0.385. The summed E-state index contributed by atoms with van der Waals surface area (Å²) in [6.45, 7) is 1.66. The molecule has 0 aliphatic heterocycles. The lowest BCUT2D eigenvalue weighted by Gasteiger charge is -2.33. The molecule has 0 bridgehead atoms. The van der Waals surface area contributed by atoms with Gasteiger partial charge in [0.15, 0.2) is 0 Å². The van der Waals surface area contributed by atoms with Crippen molar-refractivity contribution in [3.05, 3.63) is 6.42 Å². The summed E-state index contributed by atoms with van der Waals surface area (Å²) >= 11 is 0. The van der Waals surface area contributed by atoms with Gasteiger partial charge in [-0.05, 0) is 45.4 Å². The molecule has 1 unspecified atom stereocenters. The Labute approximate surface area is 78.8 Å². The van der Waals surface area contributed by atoms with Crippen molar-refractivity contribution >= 4 is 5.97 Å². The van der Waals surface area contributed by atoms with E-state index in [1.807, 2.05) is 0 Å². The first-order valence-electron chi connectivity index (χ1n) is 4.80. The standard InChI is InChI=1S/C10H17O3/c1-8(11)7-10(9(12)13)5-3-2-4-6-10/h2,8,11H,3-7H2,1H3,(H,12,13). The second kappa shape index (κ2) is 4.09. The van der Waals surface area contributed by atoms with Crippen LogP contribution in [0.5, 0.6) is 0 Å². The van der Waals surface area contributed by atoms with Gasteiger partial charge in [-0.3, -0.25) is 4.79 Å². The van der Waals surface area contributed by atoms with Crippen LogP contribution in [0.15, 0.2) is 0 Å². The molecule has 3 nitrogen and oxygen atoms in total. The van der Waals surface area contributed by atoms with Crippen LogP contribution in [0.1, 0.15) is 39.0 Å². The van der Waals surface area contributed by atoms with Gasteiger partial charge >= 0.3 is 5.97 Å². The molecule has 0 spiro atoms. The Kier molecular flexibility index (Phi) is 3.31. The third-order valence-electron chi connectivity index (χ3n) is 2.79. The molecule has 0 aromatic carbocycles. The van der Waals surface area contributed by atoms with E-state index in [2.05, 4.69) is 6.42 Å². The maximum absolute atomic E-state index is 11.1. The smallest absolute Gasteiger partial charge is 0.309 e. The molecular formula is C10H17O3. The van der Waals surface area contributed by atoms with Crippen molar-refractivity contribution in [2.24, 2.45) is 5.41 Å². The van der Waals surface area contributed by atoms with Crippen molar-refractivity contribution in [2.45, 2.75) is 45.1 Å². The van der Waals surface area contributed by atoms with Crippen LogP contribution in [0.3, 0.4) is 0 Å². The van der Waals surface area contributed by atoms with Gasteiger partial charge in [0.2, 0.25) is 0 Å². The number of aliphatic carboxylic acids is 1. The van der Waals surface area contributed by atoms with E-state index in [9.17, 15) is 9.90 Å². The van der Waals surface area contributed by atoms with E-state index in [-0.39, 0.29) is 0 Å². The van der Waals surface area contributed by atoms with Gasteiger partial charge in [-0.15, -0.1) is 0 Å². The number of carbonyl (C=O) groups is 1. The van der Waals surface area contributed by atoms with Gasteiger partial charge in [0.1, 0.15) is 0 Å². The van der Waals surface area contributed by atoms with Crippen LogP contribution >= 0.6 is 0 Å². The van der Waals surface area contributed by atoms with Crippen molar-refractivity contribution in [2.75, 3.05) is 0 Å². The Morgan fingerprint density at radius 1 is 1.54 bits per heavy atom. The lowest BCUT2D eigenvalue weighted by molar-refractivity contribution is -0.152. The Morgan fingerprint density at radius 2 is 2.08 bits per heavy atom. The number of rotatable bonds is 3. The zero-order valence-corrected chi connectivity index (χ0v) is 7.99. The summed E-state index contributed by atoms with van der Waals surface area (Å²) in [5.74, 6) is -0.749. The van der Waals surface area contributed by atoms with E-state index in [1.165, 1.54) is 0 Å². The summed E-state index contributed by atoms with van der Waals surface area (Å²) in [6, 6.07) is 0. The molecule has 0 heterocycles. The molecule has 0 saturated heterocycles. The average molecular weight is 185 g/mol. The number of aliphatic hydroxyl groups is 1. The van der Waals surface area contributed by atoms with Gasteiger partial charge < -0.3 is 10.2 Å². The summed E-state index contributed by atoms with van der Waals surface area (Å²) in [6.07, 6.45) is 5.06. The predicted octanol–water partition coefficient (Wildman–Crippen LogP) is 1.61. The highest BCUT2D eigenvalue weighted by molar-refractivity contribution is 5.74. The molecule has 13 heavy (non-hydrogen) atoms. The Bertz CT molecular complexity index is 181. The van der Waals surface area contributed by atoms with Crippen molar-refractivity contribution in [1.82, 2.24) is 0 Å². The fraction of sp³-hybridized carbons (Fsp3) is 0.800. The number of carboxylic acid groups (broad SMARTS) is 1. The van der Waals surface area contributed by atoms with Crippen LogP contribution in [-0.2, 0) is 4.79 Å². The molecule has 0 aromatic rings. The van der Waals surface area contributed by atoms with E-state index in [0.29, 0.717) is 19.3 Å². The van der Waals surface area contributed by atoms with Crippen LogP contribution < -0.4 is 0 Å². The molecule has 1 aliphatic rings. The first kappa shape index (κ1) is 10.5. The van der Waals surface area contributed by atoms with Crippen LogP contribution in [0.25, 0.3) is 0 Å². The molecule has 1 aliphatic carbocycles. The van der Waals surface area contributed by atoms with E-state index >= 15 is 0 Å². The molecule has 1 fully saturated rings. The van der Waals surface area contributed by atoms with Crippen molar-refractivity contribution < 1.29 is 15.0 Å². The highest BCUT2D eigenvalue weighted by Crippen LogP contribution is 2.40. The minimum atomic E-state index is -0.749. The zero-order valence-electron chi connectivity index (χ0n) is 7.99. The minimum Gasteiger partial charge on any atom is -0.481 e. The lowest BCUT2D eigenvalue weighted by atomic mass is 9.71. The number of hydrogen-bond acceptors (Lipinski definition) is 2. The highest BCUT2D eigenvalue weighted by atomic mass is 16.4. The molecule has 75 valence electrons. The third kappa shape index (κ3) is 2.44. The summed E-state index contributed by atoms with van der Waals surface area (Å²) in [5.41, 5.74) is -0.664. The van der Waals surface area contributed by atoms with Gasteiger partial charge in [0.25, 0.3) is 0 Å². The number of aliphatic hydroxyl groups excluding tert-OH is 1. The van der Waals surface area contributed by atoms with Gasteiger partial charge in [-0.1, -0.05) is 0 Å². The van der Waals surface area contributed by atoms with Gasteiger partial charge in [-0.25, -0.2) is 0 Å². The average Bonchev–Trinajstić information content (AvgIpc) is 2.04. The second-order valence-corrected chi connectivity index (χ2v) is 4.00. The molecule has 1 radical (unpaired) electrons. The monoisotopic (exact) mass is 185 g/mol. The molecular weight excluding hydrogens is 168 g/mol. The summed E-state index contributed by atoms with van der Waals surface area (Å²) < 4.78 is 0. The highest BCUT2D eigenvalue weighted by Gasteiger charge is 2.40. The number of hydrogen-bond donors (Lipinski definition) is 2. The molecule has 0 amide bonds. The van der Waals surface area contributed by atoms with Gasteiger partial charge in [0, 0.05) is 0 Å². The molecule has 1 saturated carbocycles. The van der Waals surface area contributed by atoms with Crippen LogP contribution in [0, 0.1) is 11.8 Å². The maximum atomic E-state index is 11.1. The SMILES string of the molecule is CC(O)CC1(C(=O)O)CC[CH]CC1. The van der Waals surface area contributed by atoms with E-state index < -0.39 is 17.5 Å². The maximum Gasteiger partial charge on any atom is 0.309 e. The third-order valence-corrected chi connectivity index (χ3v) is 2.79. The van der Waals surface area contributed by atoms with Gasteiger partial charge in [-0.2, -0.15) is 0 Å². The van der Waals surface area contributed by atoms with Crippen molar-refractivity contribution in [3.8, 4) is 0 Å². The van der Waals surface area contributed by atoms with Gasteiger partial charge in [0.05, 0.1) is 11.5 Å². The largest absolute Gasteiger partial charge is 0.481 e. The molecule has 3 heteroatoms. The summed E-state index contributed by atoms with van der Waals surface area (Å²) in [4.78, 5) is 11.1. The fourth-order valence-corrected chi connectivity index (χ4v) is 2.10. The molecule has 2 N–H and O–H groups in total. The number of carboxylic acids is 1. The first-order valence-corrected chi connectivity index (χ1v) is 4.80. The van der Waals surface area contributed by atoms with E-state index in [0.717, 1.165) is 12.8 Å². The lowest BCUT2D eigenvalue weighted by Crippen LogP contribution is -2.36. The molecule has 0 aromatic heterocycles. The molecule has 1 atom stereocenters. The quantitative estimate of drug-likeness (QED) is 0.702. The second-order valence-electron chi connectivity index (χ2n) is 4.00. The predicted molar refractivity (Wildman–Crippen MR) is 49.1 cm³/mol. The first-order chi connectivity index (χ1) is 6.07. The Morgan fingerprint density at radius 3 is 2.46 bits per heavy atom. The topological polar surface area (TPSA) is 57.5 Å². The Balaban J connectivity index is 2.67. The zero-order chi connectivity index (χ0) is 9.90. The van der Waals surface area contributed by atoms with Crippen molar-refractivity contribution in [1.29, 1.82) is 0 Å². The molecule has 1 rings (SSSR count). The fourth-order valence-electron chi connectivity index (χ4n) is 2.10. The van der Waals surface area contributed by atoms with E-state index in [1.54, 1.807) is 6.92 Å². The van der Waals surface area contributed by atoms with Crippen LogP contribution in [0.4, 0.5) is 0 Å². The van der Waals surface area contributed by atoms with Crippen LogP contribution in [0.2, 0.25) is 0 Å². The normalized spacial score (nSPS) is 23.8. The van der Waals surface area contributed by atoms with Crippen molar-refractivity contribution in [3.63, 3.8) is 0 Å². The van der Waals surface area contributed by atoms with Crippen LogP contribution in [-0.4, -0.2) is 22.3 Å². The van der Waals surface area contributed by atoms with E-state index in [4.69, 9.17) is 5.11 Å². The summed E-state index contributed by atoms with van der Waals surface area (Å²) in [7, 11) is 0. The summed E-state index contributed by atoms with van der Waals surface area (Å²) in [5, 5.41) is 18.4. The Hall–Kier alpha value is -0.570.